The number of rotatable bonds is 4. The molecule has 0 radical (unpaired) electrons. The second kappa shape index (κ2) is 12.5. The summed E-state index contributed by atoms with van der Waals surface area (Å²) in [5.41, 5.74) is 0. The second-order valence-corrected chi connectivity index (χ2v) is 8.44. The fourth-order valence-electron chi connectivity index (χ4n) is 3.59. The summed E-state index contributed by atoms with van der Waals surface area (Å²) in [6.45, 7) is 8.78. The molecule has 9 heteroatoms. The van der Waals surface area contributed by atoms with Gasteiger partial charge in [0.25, 0.3) is 0 Å². The van der Waals surface area contributed by atoms with Gasteiger partial charge in [-0.15, -0.1) is 0 Å². The minimum atomic E-state index is -1.26. The van der Waals surface area contributed by atoms with Crippen LogP contribution in [-0.4, -0.2) is 104 Å². The minimum absolute atomic E-state index is 0. The van der Waals surface area contributed by atoms with Crippen molar-refractivity contribution < 1.29 is 45.2 Å². The summed E-state index contributed by atoms with van der Waals surface area (Å²) in [5.74, 6) is -0.0662. The zero-order chi connectivity index (χ0) is 21.8. The lowest BCUT2D eigenvalue weighted by atomic mass is 9.84. The molecule has 0 bridgehead atoms. The van der Waals surface area contributed by atoms with E-state index in [1.165, 1.54) is 0 Å². The summed E-state index contributed by atoms with van der Waals surface area (Å²) in [4.78, 5) is 0. The number of hydrogen-bond donors (Lipinski definition) is 7. The highest BCUT2D eigenvalue weighted by Gasteiger charge is 2.44. The van der Waals surface area contributed by atoms with Crippen LogP contribution in [0.5, 0.6) is 0 Å². The van der Waals surface area contributed by atoms with Crippen molar-refractivity contribution in [1.29, 1.82) is 0 Å². The second-order valence-electron chi connectivity index (χ2n) is 8.44. The van der Waals surface area contributed by atoms with E-state index in [1.807, 2.05) is 27.7 Å². The lowest BCUT2D eigenvalue weighted by Crippen LogP contribution is -2.59. The summed E-state index contributed by atoms with van der Waals surface area (Å²) < 4.78 is 10.7. The summed E-state index contributed by atoms with van der Waals surface area (Å²) in [6.07, 6.45) is -7.28. The number of hydrogen-bond acceptors (Lipinski definition) is 9. The van der Waals surface area contributed by atoms with Crippen molar-refractivity contribution in [3.63, 3.8) is 0 Å². The van der Waals surface area contributed by atoms with Gasteiger partial charge in [-0.25, -0.2) is 0 Å². The molecule has 10 atom stereocenters. The fourth-order valence-corrected chi connectivity index (χ4v) is 3.59. The van der Waals surface area contributed by atoms with Crippen LogP contribution >= 0.6 is 0 Å². The van der Waals surface area contributed by atoms with Crippen LogP contribution < -0.4 is 0 Å². The van der Waals surface area contributed by atoms with Crippen molar-refractivity contribution in [3.8, 4) is 0 Å². The van der Waals surface area contributed by atoms with Crippen molar-refractivity contribution in [1.82, 2.24) is 0 Å². The smallest absolute Gasteiger partial charge is 0.111 e. The van der Waals surface area contributed by atoms with Gasteiger partial charge in [0.05, 0.1) is 37.6 Å². The molecule has 2 rings (SSSR count). The monoisotopic (exact) mass is 426 g/mol. The van der Waals surface area contributed by atoms with E-state index in [0.29, 0.717) is 0 Å². The van der Waals surface area contributed by atoms with Gasteiger partial charge in [-0.1, -0.05) is 42.0 Å². The van der Waals surface area contributed by atoms with Crippen molar-refractivity contribution in [2.75, 3.05) is 13.2 Å². The first-order chi connectivity index (χ1) is 13.0. The zero-order valence-corrected chi connectivity index (χ0v) is 17.3. The first-order valence-corrected chi connectivity index (χ1v) is 9.90. The molecule has 9 nitrogen and oxygen atoms in total. The number of aliphatic hydroxyl groups is 7. The highest BCUT2D eigenvalue weighted by molar-refractivity contribution is 4.93. The molecule has 29 heavy (non-hydrogen) atoms. The number of aliphatic hydroxyl groups excluding tert-OH is 7. The van der Waals surface area contributed by atoms with Crippen LogP contribution in [0, 0.1) is 17.8 Å². The molecule has 2 aliphatic rings. The molecular weight excluding hydrogens is 384 g/mol. The Morgan fingerprint density at radius 1 is 0.621 bits per heavy atom. The Kier molecular flexibility index (Phi) is 12.3. The van der Waals surface area contributed by atoms with E-state index < -0.39 is 48.8 Å². The Labute approximate surface area is 173 Å². The molecule has 0 unspecified atom stereocenters. The molecule has 7 N–H and O–H groups in total. The van der Waals surface area contributed by atoms with E-state index in [0.717, 1.165) is 0 Å². The molecular formula is C20H42O9. The lowest BCUT2D eigenvalue weighted by Gasteiger charge is -2.42. The van der Waals surface area contributed by atoms with Gasteiger partial charge in [-0.05, 0) is 11.8 Å². The Morgan fingerprint density at radius 2 is 1.00 bits per heavy atom. The van der Waals surface area contributed by atoms with Crippen LogP contribution in [0.3, 0.4) is 0 Å². The van der Waals surface area contributed by atoms with Gasteiger partial charge in [0, 0.05) is 5.92 Å². The van der Waals surface area contributed by atoms with Crippen molar-refractivity contribution in [3.05, 3.63) is 0 Å². The van der Waals surface area contributed by atoms with Gasteiger partial charge >= 0.3 is 0 Å². The van der Waals surface area contributed by atoms with Gasteiger partial charge in [-0.3, -0.25) is 0 Å². The van der Waals surface area contributed by atoms with E-state index in [1.54, 1.807) is 6.92 Å². The van der Waals surface area contributed by atoms with Crippen LogP contribution in [0.25, 0.3) is 0 Å². The summed E-state index contributed by atoms with van der Waals surface area (Å²) in [6, 6.07) is 0. The molecule has 0 saturated carbocycles. The van der Waals surface area contributed by atoms with Gasteiger partial charge < -0.3 is 45.2 Å². The van der Waals surface area contributed by atoms with Crippen molar-refractivity contribution >= 4 is 0 Å². The average molecular weight is 427 g/mol. The van der Waals surface area contributed by atoms with Crippen molar-refractivity contribution in [2.24, 2.45) is 17.8 Å². The van der Waals surface area contributed by atoms with E-state index in [4.69, 9.17) is 19.7 Å². The molecule has 0 aliphatic carbocycles. The molecule has 0 amide bonds. The Bertz CT molecular complexity index is 404. The summed E-state index contributed by atoms with van der Waals surface area (Å²) >= 11 is 0. The topological polar surface area (TPSA) is 160 Å². The fraction of sp³-hybridized carbons (Fsp3) is 1.00. The van der Waals surface area contributed by atoms with E-state index in [9.17, 15) is 25.5 Å². The standard InChI is InChI=1S/C10H20O4.C9H18O5.CH4/c1-5(2)10-9(13)6(3)8(12)7(4-11)14-10;1-4(2)9-8(13)7(12)6(11)5(3-10)14-9;/h5-13H,4H2,1-3H3;4-13H,3H2,1-2H3;1H4/t6-,7+,8-,9+,10-;5-,6-,7+,8-,9+;/m01./s1. The van der Waals surface area contributed by atoms with E-state index >= 15 is 0 Å². The maximum atomic E-state index is 9.82. The third-order valence-corrected chi connectivity index (χ3v) is 5.55. The minimum Gasteiger partial charge on any atom is -0.394 e. The normalized spacial score (nSPS) is 42.8. The van der Waals surface area contributed by atoms with Crippen LogP contribution in [-0.2, 0) is 9.47 Å². The molecule has 2 aliphatic heterocycles. The predicted octanol–water partition coefficient (Wildman–Crippen LogP) is -1.12. The zero-order valence-electron chi connectivity index (χ0n) is 17.3. The van der Waals surface area contributed by atoms with Crippen LogP contribution in [0.2, 0.25) is 0 Å². The molecule has 2 saturated heterocycles. The highest BCUT2D eigenvalue weighted by Crippen LogP contribution is 2.29. The molecule has 2 heterocycles. The molecule has 176 valence electrons. The van der Waals surface area contributed by atoms with Crippen LogP contribution in [0.4, 0.5) is 0 Å². The first kappa shape index (κ1) is 28.6. The Morgan fingerprint density at radius 3 is 1.38 bits per heavy atom. The third kappa shape index (κ3) is 6.81. The largest absolute Gasteiger partial charge is 0.394 e. The third-order valence-electron chi connectivity index (χ3n) is 5.55. The van der Waals surface area contributed by atoms with Gasteiger partial charge in [0.1, 0.15) is 30.5 Å². The maximum absolute atomic E-state index is 9.82. The van der Waals surface area contributed by atoms with Crippen molar-refractivity contribution in [2.45, 2.75) is 97.0 Å². The quantitative estimate of drug-likeness (QED) is 0.295. The lowest BCUT2D eigenvalue weighted by molar-refractivity contribution is -0.238. The SMILES string of the molecule is C.CC(C)[C@@H]1O[C@H](CO)[C@@H](O)[C@H](C)[C@H]1O.CC(C)[C@@H]1O[C@H](CO)[C@@H](O)[C@H](O)[C@H]1O. The Hall–Kier alpha value is -0.360. The molecule has 0 aromatic rings. The molecule has 0 aromatic heterocycles. The van der Waals surface area contributed by atoms with E-state index in [-0.39, 0.29) is 44.5 Å². The van der Waals surface area contributed by atoms with Crippen LogP contribution in [0.1, 0.15) is 42.0 Å². The first-order valence-electron chi connectivity index (χ1n) is 9.90. The summed E-state index contributed by atoms with van der Waals surface area (Å²) in [7, 11) is 0. The van der Waals surface area contributed by atoms with Gasteiger partial charge in [0.15, 0.2) is 0 Å². The molecule has 2 fully saturated rings. The highest BCUT2D eigenvalue weighted by atomic mass is 16.5. The molecule has 0 spiro atoms. The maximum Gasteiger partial charge on any atom is 0.111 e. The average Bonchev–Trinajstić information content (AvgIpc) is 2.64. The van der Waals surface area contributed by atoms with Gasteiger partial charge in [0.2, 0.25) is 0 Å². The van der Waals surface area contributed by atoms with Crippen LogP contribution in [0.15, 0.2) is 0 Å². The van der Waals surface area contributed by atoms with E-state index in [2.05, 4.69) is 0 Å². The summed E-state index contributed by atoms with van der Waals surface area (Å²) in [5, 5.41) is 65.8. The Balaban J connectivity index is 0.000000523. The predicted molar refractivity (Wildman–Crippen MR) is 107 cm³/mol. The molecule has 0 aromatic carbocycles. The van der Waals surface area contributed by atoms with Gasteiger partial charge in [-0.2, -0.15) is 0 Å². The number of ether oxygens (including phenoxy) is 2.